The van der Waals surface area contributed by atoms with Crippen molar-refractivity contribution in [1.82, 2.24) is 9.55 Å². The van der Waals surface area contributed by atoms with Gasteiger partial charge in [0.1, 0.15) is 12.4 Å². The Hall–Kier alpha value is -3.93. The van der Waals surface area contributed by atoms with E-state index in [-0.39, 0.29) is 18.4 Å². The third-order valence-electron chi connectivity index (χ3n) is 4.79. The van der Waals surface area contributed by atoms with Crippen LogP contribution in [-0.2, 0) is 17.8 Å². The molecule has 0 aliphatic carbocycles. The predicted octanol–water partition coefficient (Wildman–Crippen LogP) is 4.49. The molecule has 0 aliphatic rings. The standard InChI is InChI=1S/C24H22N4O2/c1-2-22-27-20-13-6-7-14-21(20)28(22)16-23(29)25-18-11-8-12-19(15-18)26-24(30)17-9-4-3-5-10-17/h3-15H,2,16H2,1H3,(H,25,29)(H,26,30). The average Bonchev–Trinajstić information content (AvgIpc) is 3.12. The SMILES string of the molecule is CCc1nc2ccccc2n1CC(=O)Nc1cccc(NC(=O)c2ccccc2)c1. The molecule has 3 aromatic carbocycles. The number of rotatable bonds is 6. The van der Waals surface area contributed by atoms with E-state index in [1.807, 2.05) is 54.0 Å². The highest BCUT2D eigenvalue weighted by Crippen LogP contribution is 2.19. The van der Waals surface area contributed by atoms with E-state index in [4.69, 9.17) is 0 Å². The second-order valence-electron chi connectivity index (χ2n) is 6.91. The molecule has 4 aromatic rings. The van der Waals surface area contributed by atoms with Gasteiger partial charge in [0.05, 0.1) is 11.0 Å². The first-order chi connectivity index (χ1) is 14.6. The molecule has 1 aromatic heterocycles. The predicted molar refractivity (Wildman–Crippen MR) is 119 cm³/mol. The molecule has 0 atom stereocenters. The van der Waals surface area contributed by atoms with Crippen molar-refractivity contribution in [1.29, 1.82) is 0 Å². The Morgan fingerprint density at radius 1 is 0.867 bits per heavy atom. The van der Waals surface area contributed by atoms with Crippen molar-refractivity contribution in [3.8, 4) is 0 Å². The molecule has 6 heteroatoms. The Morgan fingerprint density at radius 2 is 1.57 bits per heavy atom. The number of carbonyl (C=O) groups is 2. The van der Waals surface area contributed by atoms with Gasteiger partial charge in [-0.1, -0.05) is 43.3 Å². The lowest BCUT2D eigenvalue weighted by molar-refractivity contribution is -0.116. The molecule has 0 bridgehead atoms. The highest BCUT2D eigenvalue weighted by atomic mass is 16.2. The summed E-state index contributed by atoms with van der Waals surface area (Å²) in [5.41, 5.74) is 3.63. The minimum Gasteiger partial charge on any atom is -0.324 e. The molecule has 150 valence electrons. The number of carbonyl (C=O) groups excluding carboxylic acids is 2. The summed E-state index contributed by atoms with van der Waals surface area (Å²) in [7, 11) is 0. The van der Waals surface area contributed by atoms with Crippen LogP contribution in [0.5, 0.6) is 0 Å². The number of nitrogens with zero attached hydrogens (tertiary/aromatic N) is 2. The normalized spacial score (nSPS) is 10.7. The van der Waals surface area contributed by atoms with Crippen molar-refractivity contribution in [2.24, 2.45) is 0 Å². The molecule has 2 amide bonds. The van der Waals surface area contributed by atoms with Gasteiger partial charge >= 0.3 is 0 Å². The molecule has 0 fully saturated rings. The minimum atomic E-state index is -0.198. The lowest BCUT2D eigenvalue weighted by Gasteiger charge is -2.11. The van der Waals surface area contributed by atoms with Gasteiger partial charge in [-0.15, -0.1) is 0 Å². The molecule has 0 saturated heterocycles. The van der Waals surface area contributed by atoms with Gasteiger partial charge < -0.3 is 15.2 Å². The van der Waals surface area contributed by atoms with Crippen LogP contribution in [0.15, 0.2) is 78.9 Å². The van der Waals surface area contributed by atoms with Crippen LogP contribution in [0.2, 0.25) is 0 Å². The van der Waals surface area contributed by atoms with Crippen LogP contribution >= 0.6 is 0 Å². The van der Waals surface area contributed by atoms with Gasteiger partial charge in [-0.25, -0.2) is 4.98 Å². The summed E-state index contributed by atoms with van der Waals surface area (Å²) in [5.74, 6) is 0.520. The molecule has 0 spiro atoms. The maximum absolute atomic E-state index is 12.7. The van der Waals surface area contributed by atoms with E-state index in [1.165, 1.54) is 0 Å². The third kappa shape index (κ3) is 4.22. The van der Waals surface area contributed by atoms with Crippen molar-refractivity contribution in [3.05, 3.63) is 90.3 Å². The van der Waals surface area contributed by atoms with Crippen molar-refractivity contribution in [2.75, 3.05) is 10.6 Å². The number of hydrogen-bond donors (Lipinski definition) is 2. The van der Waals surface area contributed by atoms with E-state index in [9.17, 15) is 9.59 Å². The zero-order valence-electron chi connectivity index (χ0n) is 16.6. The van der Waals surface area contributed by atoms with E-state index in [2.05, 4.69) is 15.6 Å². The van der Waals surface area contributed by atoms with Gasteiger partial charge in [0.15, 0.2) is 0 Å². The highest BCUT2D eigenvalue weighted by molar-refractivity contribution is 6.04. The monoisotopic (exact) mass is 398 g/mol. The minimum absolute atomic E-state index is 0.153. The lowest BCUT2D eigenvalue weighted by atomic mass is 10.2. The molecule has 0 saturated carbocycles. The fraction of sp³-hybridized carbons (Fsp3) is 0.125. The number of anilines is 2. The zero-order chi connectivity index (χ0) is 20.9. The molecule has 2 N–H and O–H groups in total. The van der Waals surface area contributed by atoms with Gasteiger partial charge in [0.25, 0.3) is 5.91 Å². The average molecular weight is 398 g/mol. The first-order valence-corrected chi connectivity index (χ1v) is 9.84. The summed E-state index contributed by atoms with van der Waals surface area (Å²) in [4.78, 5) is 29.6. The van der Waals surface area contributed by atoms with Crippen molar-refractivity contribution < 1.29 is 9.59 Å². The Morgan fingerprint density at radius 3 is 2.33 bits per heavy atom. The van der Waals surface area contributed by atoms with Crippen molar-refractivity contribution >= 4 is 34.2 Å². The molecule has 6 nitrogen and oxygen atoms in total. The number of para-hydroxylation sites is 2. The number of aromatic nitrogens is 2. The Balaban J connectivity index is 1.47. The molecule has 30 heavy (non-hydrogen) atoms. The van der Waals surface area contributed by atoms with Gasteiger partial charge in [0.2, 0.25) is 5.91 Å². The Kier molecular flexibility index (Phi) is 5.57. The third-order valence-corrected chi connectivity index (χ3v) is 4.79. The number of aryl methyl sites for hydroxylation is 1. The number of fused-ring (bicyclic) bond motifs is 1. The quantitative estimate of drug-likeness (QED) is 0.502. The molecule has 0 aliphatic heterocycles. The largest absolute Gasteiger partial charge is 0.324 e. The summed E-state index contributed by atoms with van der Waals surface area (Å²) in [5, 5.41) is 5.77. The Bertz CT molecular complexity index is 1200. The second kappa shape index (κ2) is 8.61. The van der Waals surface area contributed by atoms with Gasteiger partial charge in [-0.2, -0.15) is 0 Å². The number of imidazole rings is 1. The summed E-state index contributed by atoms with van der Waals surface area (Å²) in [6, 6.07) is 23.9. The van der Waals surface area contributed by atoms with E-state index in [0.717, 1.165) is 23.3 Å². The van der Waals surface area contributed by atoms with Crippen LogP contribution in [0.1, 0.15) is 23.1 Å². The van der Waals surface area contributed by atoms with Crippen LogP contribution in [0.4, 0.5) is 11.4 Å². The van der Waals surface area contributed by atoms with Crippen LogP contribution in [0.25, 0.3) is 11.0 Å². The van der Waals surface area contributed by atoms with Gasteiger partial charge in [-0.05, 0) is 42.5 Å². The highest BCUT2D eigenvalue weighted by Gasteiger charge is 2.13. The van der Waals surface area contributed by atoms with E-state index in [0.29, 0.717) is 16.9 Å². The summed E-state index contributed by atoms with van der Waals surface area (Å²) in [6.07, 6.45) is 0.739. The van der Waals surface area contributed by atoms with Crippen molar-refractivity contribution in [3.63, 3.8) is 0 Å². The number of nitrogens with one attached hydrogen (secondary N) is 2. The fourth-order valence-electron chi connectivity index (χ4n) is 3.38. The van der Waals surface area contributed by atoms with Crippen LogP contribution in [-0.4, -0.2) is 21.4 Å². The van der Waals surface area contributed by atoms with E-state index in [1.54, 1.807) is 36.4 Å². The molecule has 0 radical (unpaired) electrons. The van der Waals surface area contributed by atoms with Crippen LogP contribution in [0.3, 0.4) is 0 Å². The topological polar surface area (TPSA) is 76.0 Å². The second-order valence-corrected chi connectivity index (χ2v) is 6.91. The van der Waals surface area contributed by atoms with Crippen molar-refractivity contribution in [2.45, 2.75) is 19.9 Å². The molecule has 4 rings (SSSR count). The summed E-state index contributed by atoms with van der Waals surface area (Å²) < 4.78 is 1.94. The zero-order valence-corrected chi connectivity index (χ0v) is 16.6. The van der Waals surface area contributed by atoms with E-state index >= 15 is 0 Å². The maximum atomic E-state index is 12.7. The first-order valence-electron chi connectivity index (χ1n) is 9.84. The Labute approximate surface area is 174 Å². The smallest absolute Gasteiger partial charge is 0.255 e. The van der Waals surface area contributed by atoms with E-state index < -0.39 is 0 Å². The fourth-order valence-corrected chi connectivity index (χ4v) is 3.38. The van der Waals surface area contributed by atoms with Gasteiger partial charge in [-0.3, -0.25) is 9.59 Å². The maximum Gasteiger partial charge on any atom is 0.255 e. The number of benzene rings is 3. The van der Waals surface area contributed by atoms with Crippen LogP contribution in [0, 0.1) is 0 Å². The summed E-state index contributed by atoms with van der Waals surface area (Å²) in [6.45, 7) is 2.19. The first kappa shape index (κ1) is 19.4. The number of hydrogen-bond acceptors (Lipinski definition) is 3. The van der Waals surface area contributed by atoms with Crippen LogP contribution < -0.4 is 10.6 Å². The molecule has 1 heterocycles. The van der Waals surface area contributed by atoms with Gasteiger partial charge in [0, 0.05) is 23.4 Å². The number of amides is 2. The lowest BCUT2D eigenvalue weighted by Crippen LogP contribution is -2.20. The summed E-state index contributed by atoms with van der Waals surface area (Å²) >= 11 is 0. The molecular weight excluding hydrogens is 376 g/mol. The molecule has 0 unspecified atom stereocenters. The molecular formula is C24H22N4O2.